The fraction of sp³-hybridized carbons (Fsp3) is 0.533. The Kier molecular flexibility index (Phi) is 4.81. The zero-order valence-corrected chi connectivity index (χ0v) is 12.1. The van der Waals surface area contributed by atoms with Crippen molar-refractivity contribution in [3.05, 3.63) is 33.8 Å². The molecule has 1 aliphatic carbocycles. The summed E-state index contributed by atoms with van der Waals surface area (Å²) in [6.45, 7) is 0. The van der Waals surface area contributed by atoms with Gasteiger partial charge in [0.25, 0.3) is 0 Å². The van der Waals surface area contributed by atoms with Gasteiger partial charge in [-0.25, -0.2) is 0 Å². The molecule has 0 saturated heterocycles. The van der Waals surface area contributed by atoms with Crippen molar-refractivity contribution >= 4 is 21.9 Å². The van der Waals surface area contributed by atoms with Gasteiger partial charge in [0.2, 0.25) is 0 Å². The molecule has 0 bridgehead atoms. The highest BCUT2D eigenvalue weighted by molar-refractivity contribution is 9.10. The van der Waals surface area contributed by atoms with Crippen molar-refractivity contribution in [3.8, 4) is 0 Å². The third-order valence-electron chi connectivity index (χ3n) is 3.72. The summed E-state index contributed by atoms with van der Waals surface area (Å²) < 4.78 is 1.20. The number of aliphatic carboxylic acids is 1. The molecule has 98 valence electrons. The van der Waals surface area contributed by atoms with E-state index in [1.807, 2.05) is 0 Å². The van der Waals surface area contributed by atoms with E-state index in [1.165, 1.54) is 41.3 Å². The maximum atomic E-state index is 10.5. The molecular formula is C15H19BrO2. The van der Waals surface area contributed by atoms with E-state index in [1.54, 1.807) is 0 Å². The van der Waals surface area contributed by atoms with Gasteiger partial charge < -0.3 is 5.11 Å². The minimum atomic E-state index is -0.711. The molecule has 1 aliphatic rings. The lowest BCUT2D eigenvalue weighted by molar-refractivity contribution is -0.137. The molecule has 0 aliphatic heterocycles. The Bertz CT molecular complexity index is 423. The normalized spacial score (nSPS) is 16.1. The smallest absolute Gasteiger partial charge is 0.303 e. The van der Waals surface area contributed by atoms with Crippen LogP contribution in [0, 0.1) is 0 Å². The van der Waals surface area contributed by atoms with Gasteiger partial charge in [-0.15, -0.1) is 0 Å². The molecular weight excluding hydrogens is 292 g/mol. The van der Waals surface area contributed by atoms with Crippen LogP contribution in [0.3, 0.4) is 0 Å². The Balaban J connectivity index is 1.98. The largest absolute Gasteiger partial charge is 0.481 e. The van der Waals surface area contributed by atoms with Gasteiger partial charge in [0.05, 0.1) is 0 Å². The van der Waals surface area contributed by atoms with Gasteiger partial charge in [0.15, 0.2) is 0 Å². The van der Waals surface area contributed by atoms with Crippen LogP contribution in [0.1, 0.15) is 55.6 Å². The molecule has 1 saturated carbocycles. The number of carboxylic acid groups (broad SMARTS) is 1. The lowest BCUT2D eigenvalue weighted by Gasteiger charge is -2.13. The molecule has 0 radical (unpaired) electrons. The van der Waals surface area contributed by atoms with Crippen molar-refractivity contribution in [2.45, 2.75) is 50.9 Å². The second-order valence-electron chi connectivity index (χ2n) is 5.08. The topological polar surface area (TPSA) is 37.3 Å². The first-order chi connectivity index (χ1) is 8.66. The minimum Gasteiger partial charge on any atom is -0.481 e. The Morgan fingerprint density at radius 1 is 1.33 bits per heavy atom. The van der Waals surface area contributed by atoms with E-state index in [0.717, 1.165) is 6.42 Å². The minimum absolute atomic E-state index is 0.252. The summed E-state index contributed by atoms with van der Waals surface area (Å²) in [7, 11) is 0. The zero-order valence-electron chi connectivity index (χ0n) is 10.5. The second kappa shape index (κ2) is 6.37. The average molecular weight is 311 g/mol. The van der Waals surface area contributed by atoms with Gasteiger partial charge in [0.1, 0.15) is 0 Å². The average Bonchev–Trinajstić information content (AvgIpc) is 2.82. The monoisotopic (exact) mass is 310 g/mol. The van der Waals surface area contributed by atoms with Gasteiger partial charge in [-0.3, -0.25) is 4.79 Å². The highest BCUT2D eigenvalue weighted by Crippen LogP contribution is 2.38. The van der Waals surface area contributed by atoms with Gasteiger partial charge in [-0.2, -0.15) is 0 Å². The SMILES string of the molecule is O=C(O)CCCc1ccc(C2CCCC2)c(Br)c1. The molecule has 0 amide bonds. The van der Waals surface area contributed by atoms with E-state index in [4.69, 9.17) is 5.11 Å². The Morgan fingerprint density at radius 2 is 2.06 bits per heavy atom. The fourth-order valence-electron chi connectivity index (χ4n) is 2.74. The van der Waals surface area contributed by atoms with Crippen LogP contribution in [0.25, 0.3) is 0 Å². The first kappa shape index (κ1) is 13.6. The number of hydrogen-bond acceptors (Lipinski definition) is 1. The summed E-state index contributed by atoms with van der Waals surface area (Å²) in [5.41, 5.74) is 2.65. The Morgan fingerprint density at radius 3 is 2.67 bits per heavy atom. The number of halogens is 1. The third kappa shape index (κ3) is 3.58. The molecule has 2 rings (SSSR count). The number of aryl methyl sites for hydroxylation is 1. The molecule has 3 heteroatoms. The van der Waals surface area contributed by atoms with Gasteiger partial charge in [-0.1, -0.05) is 40.9 Å². The summed E-state index contributed by atoms with van der Waals surface area (Å²) in [6, 6.07) is 6.53. The van der Waals surface area contributed by atoms with E-state index in [9.17, 15) is 4.79 Å². The fourth-order valence-corrected chi connectivity index (χ4v) is 3.49. The van der Waals surface area contributed by atoms with Crippen LogP contribution in [0.2, 0.25) is 0 Å². The van der Waals surface area contributed by atoms with Crippen molar-refractivity contribution in [2.24, 2.45) is 0 Å². The van der Waals surface area contributed by atoms with Crippen LogP contribution in [0.4, 0.5) is 0 Å². The molecule has 0 atom stereocenters. The first-order valence-electron chi connectivity index (χ1n) is 6.67. The van der Waals surface area contributed by atoms with Crippen molar-refractivity contribution in [3.63, 3.8) is 0 Å². The molecule has 0 spiro atoms. The standard InChI is InChI=1S/C15H19BrO2/c16-14-10-11(4-3-7-15(17)18)8-9-13(14)12-5-1-2-6-12/h8-10,12H,1-7H2,(H,17,18). The lowest BCUT2D eigenvalue weighted by Crippen LogP contribution is -1.98. The zero-order chi connectivity index (χ0) is 13.0. The second-order valence-corrected chi connectivity index (χ2v) is 5.94. The number of benzene rings is 1. The van der Waals surface area contributed by atoms with Gasteiger partial charge in [0, 0.05) is 10.9 Å². The maximum absolute atomic E-state index is 10.5. The summed E-state index contributed by atoms with van der Waals surface area (Å²) in [5, 5.41) is 8.62. The number of carbonyl (C=O) groups is 1. The summed E-state index contributed by atoms with van der Waals surface area (Å²) in [4.78, 5) is 10.5. The summed E-state index contributed by atoms with van der Waals surface area (Å²) in [5.74, 6) is 0.00378. The molecule has 0 unspecified atom stereocenters. The van der Waals surface area contributed by atoms with Crippen LogP contribution in [0.15, 0.2) is 22.7 Å². The van der Waals surface area contributed by atoms with Gasteiger partial charge in [-0.05, 0) is 48.8 Å². The first-order valence-corrected chi connectivity index (χ1v) is 7.46. The molecule has 1 fully saturated rings. The van der Waals surface area contributed by atoms with Crippen molar-refractivity contribution in [2.75, 3.05) is 0 Å². The Labute approximate surface area is 117 Å². The predicted molar refractivity (Wildman–Crippen MR) is 75.9 cm³/mol. The Hall–Kier alpha value is -0.830. The number of rotatable bonds is 5. The van der Waals surface area contributed by atoms with Crippen molar-refractivity contribution in [1.82, 2.24) is 0 Å². The van der Waals surface area contributed by atoms with Crippen molar-refractivity contribution < 1.29 is 9.90 Å². The van der Waals surface area contributed by atoms with Crippen LogP contribution in [0.5, 0.6) is 0 Å². The molecule has 2 nitrogen and oxygen atoms in total. The highest BCUT2D eigenvalue weighted by atomic mass is 79.9. The molecule has 18 heavy (non-hydrogen) atoms. The summed E-state index contributed by atoms with van der Waals surface area (Å²) in [6.07, 6.45) is 7.10. The summed E-state index contributed by atoms with van der Waals surface area (Å²) >= 11 is 3.66. The molecule has 0 heterocycles. The molecule has 0 aromatic heterocycles. The number of carboxylic acids is 1. The van der Waals surface area contributed by atoms with Crippen LogP contribution < -0.4 is 0 Å². The van der Waals surface area contributed by atoms with Crippen LogP contribution >= 0.6 is 15.9 Å². The van der Waals surface area contributed by atoms with E-state index in [2.05, 4.69) is 34.1 Å². The molecule has 1 N–H and O–H groups in total. The number of hydrogen-bond donors (Lipinski definition) is 1. The quantitative estimate of drug-likeness (QED) is 0.868. The van der Waals surface area contributed by atoms with E-state index < -0.39 is 5.97 Å². The van der Waals surface area contributed by atoms with E-state index in [-0.39, 0.29) is 6.42 Å². The lowest BCUT2D eigenvalue weighted by atomic mass is 9.96. The van der Waals surface area contributed by atoms with Crippen LogP contribution in [-0.4, -0.2) is 11.1 Å². The highest BCUT2D eigenvalue weighted by Gasteiger charge is 2.19. The van der Waals surface area contributed by atoms with E-state index >= 15 is 0 Å². The third-order valence-corrected chi connectivity index (χ3v) is 4.40. The van der Waals surface area contributed by atoms with Gasteiger partial charge >= 0.3 is 5.97 Å². The van der Waals surface area contributed by atoms with E-state index in [0.29, 0.717) is 12.3 Å². The van der Waals surface area contributed by atoms with Crippen molar-refractivity contribution in [1.29, 1.82) is 0 Å². The predicted octanol–water partition coefficient (Wildman–Crippen LogP) is 4.51. The molecule has 1 aromatic carbocycles. The molecule has 1 aromatic rings. The maximum Gasteiger partial charge on any atom is 0.303 e. The van der Waals surface area contributed by atoms with Crippen LogP contribution in [-0.2, 0) is 11.2 Å².